The van der Waals surface area contributed by atoms with Crippen LogP contribution < -0.4 is 10.1 Å². The predicted molar refractivity (Wildman–Crippen MR) is 75.8 cm³/mol. The zero-order valence-electron chi connectivity index (χ0n) is 12.4. The first kappa shape index (κ1) is 17.9. The predicted octanol–water partition coefficient (Wildman–Crippen LogP) is 2.45. The average Bonchev–Trinajstić information content (AvgIpc) is 2.39. The highest BCUT2D eigenvalue weighted by Gasteiger charge is 2.21. The molecular weight excluding hydrogens is 296 g/mol. The summed E-state index contributed by atoms with van der Waals surface area (Å²) < 4.78 is 28.2. The quantitative estimate of drug-likeness (QED) is 0.772. The topological polar surface area (TPSA) is 75.6 Å². The molecule has 5 nitrogen and oxygen atoms in total. The van der Waals surface area contributed by atoms with E-state index in [2.05, 4.69) is 10.1 Å². The van der Waals surface area contributed by atoms with Gasteiger partial charge in [-0.2, -0.15) is 8.78 Å². The monoisotopic (exact) mass is 315 g/mol. The molecule has 0 fully saturated rings. The first-order valence-electron chi connectivity index (χ1n) is 6.84. The molecule has 1 aromatic rings. The van der Waals surface area contributed by atoms with Gasteiger partial charge < -0.3 is 15.2 Å². The van der Waals surface area contributed by atoms with Crippen molar-refractivity contribution in [1.29, 1.82) is 0 Å². The molecule has 0 bridgehead atoms. The van der Waals surface area contributed by atoms with Crippen molar-refractivity contribution in [3.63, 3.8) is 0 Å². The molecular formula is C15H19F2NO4. The number of hydrogen-bond acceptors (Lipinski definition) is 3. The van der Waals surface area contributed by atoms with Crippen molar-refractivity contribution < 1.29 is 28.2 Å². The van der Waals surface area contributed by atoms with Crippen LogP contribution in [0.4, 0.5) is 8.78 Å². The zero-order chi connectivity index (χ0) is 16.7. The fraction of sp³-hybridized carbons (Fsp3) is 0.467. The lowest BCUT2D eigenvalue weighted by Gasteiger charge is -2.16. The lowest BCUT2D eigenvalue weighted by Crippen LogP contribution is -2.42. The van der Waals surface area contributed by atoms with Crippen LogP contribution in [0, 0.1) is 5.92 Å². The first-order valence-corrected chi connectivity index (χ1v) is 6.84. The van der Waals surface area contributed by atoms with Crippen molar-refractivity contribution in [1.82, 2.24) is 5.32 Å². The molecule has 2 N–H and O–H groups in total. The van der Waals surface area contributed by atoms with Gasteiger partial charge in [0.1, 0.15) is 11.8 Å². The van der Waals surface area contributed by atoms with E-state index in [-0.39, 0.29) is 18.1 Å². The molecule has 0 saturated heterocycles. The summed E-state index contributed by atoms with van der Waals surface area (Å²) in [6, 6.07) is 4.69. The molecule has 0 aliphatic heterocycles. The van der Waals surface area contributed by atoms with Gasteiger partial charge in [-0.05, 0) is 30.0 Å². The van der Waals surface area contributed by atoms with Crippen LogP contribution in [-0.2, 0) is 16.0 Å². The highest BCUT2D eigenvalue weighted by atomic mass is 19.3. The van der Waals surface area contributed by atoms with Gasteiger partial charge in [0.25, 0.3) is 0 Å². The summed E-state index contributed by atoms with van der Waals surface area (Å²) in [5.41, 5.74) is 0.577. The summed E-state index contributed by atoms with van der Waals surface area (Å²) in [6.45, 7) is 0.828. The van der Waals surface area contributed by atoms with E-state index in [1.807, 2.05) is 13.8 Å². The summed E-state index contributed by atoms with van der Waals surface area (Å²) in [6.07, 6.45) is 0.305. The minimum Gasteiger partial charge on any atom is -0.480 e. The van der Waals surface area contributed by atoms with Crippen molar-refractivity contribution in [3.8, 4) is 5.75 Å². The van der Waals surface area contributed by atoms with Gasteiger partial charge >= 0.3 is 12.6 Å². The molecule has 122 valence electrons. The Hall–Kier alpha value is -2.18. The van der Waals surface area contributed by atoms with Gasteiger partial charge in [0, 0.05) is 0 Å². The van der Waals surface area contributed by atoms with Crippen LogP contribution in [0.5, 0.6) is 5.75 Å². The number of nitrogens with one attached hydrogen (secondary N) is 1. The number of hydrogen-bond donors (Lipinski definition) is 2. The fourth-order valence-corrected chi connectivity index (χ4v) is 1.91. The Morgan fingerprint density at radius 3 is 2.27 bits per heavy atom. The summed E-state index contributed by atoms with van der Waals surface area (Å²) >= 11 is 0. The summed E-state index contributed by atoms with van der Waals surface area (Å²) in [4.78, 5) is 22.9. The maximum atomic E-state index is 12.0. The number of amides is 1. The summed E-state index contributed by atoms with van der Waals surface area (Å²) in [5, 5.41) is 11.5. The van der Waals surface area contributed by atoms with Crippen LogP contribution in [0.25, 0.3) is 0 Å². The number of benzene rings is 1. The molecule has 0 heterocycles. The van der Waals surface area contributed by atoms with Crippen molar-refractivity contribution in [2.45, 2.75) is 39.3 Å². The number of ether oxygens (including phenoxy) is 1. The number of carboxylic acids is 1. The number of rotatable bonds is 8. The Morgan fingerprint density at radius 2 is 1.82 bits per heavy atom. The molecule has 0 aliphatic carbocycles. The number of carbonyl (C=O) groups is 2. The standard InChI is InChI=1S/C15H19F2NO4/c1-9(2)7-12(14(20)21)18-13(19)8-10-3-5-11(6-4-10)22-15(16)17/h3-6,9,12,15H,7-8H2,1-2H3,(H,18,19)(H,20,21). The highest BCUT2D eigenvalue weighted by Crippen LogP contribution is 2.15. The van der Waals surface area contributed by atoms with Crippen molar-refractivity contribution in [2.75, 3.05) is 0 Å². The minimum absolute atomic E-state index is 0.00220. The molecule has 0 radical (unpaired) electrons. The Bertz CT molecular complexity index is 503. The molecule has 0 saturated carbocycles. The van der Waals surface area contributed by atoms with Crippen LogP contribution in [0.2, 0.25) is 0 Å². The SMILES string of the molecule is CC(C)CC(NC(=O)Cc1ccc(OC(F)F)cc1)C(=O)O. The van der Waals surface area contributed by atoms with Gasteiger partial charge in [-0.1, -0.05) is 26.0 Å². The zero-order valence-corrected chi connectivity index (χ0v) is 12.4. The largest absolute Gasteiger partial charge is 0.480 e. The highest BCUT2D eigenvalue weighted by molar-refractivity contribution is 5.84. The molecule has 0 aliphatic rings. The second kappa shape index (κ2) is 8.31. The van der Waals surface area contributed by atoms with Gasteiger partial charge in [-0.15, -0.1) is 0 Å². The molecule has 1 rings (SSSR count). The molecule has 1 unspecified atom stereocenters. The molecule has 1 aromatic carbocycles. The Balaban J connectivity index is 2.58. The lowest BCUT2D eigenvalue weighted by molar-refractivity contribution is -0.142. The maximum Gasteiger partial charge on any atom is 0.387 e. The third kappa shape index (κ3) is 6.51. The summed E-state index contributed by atoms with van der Waals surface area (Å²) in [5.74, 6) is -1.38. The summed E-state index contributed by atoms with van der Waals surface area (Å²) in [7, 11) is 0. The van der Waals surface area contributed by atoms with E-state index in [1.54, 1.807) is 0 Å². The third-order valence-corrected chi connectivity index (χ3v) is 2.85. The number of halogens is 2. The van der Waals surface area contributed by atoms with E-state index in [1.165, 1.54) is 24.3 Å². The van der Waals surface area contributed by atoms with Gasteiger partial charge in [-0.25, -0.2) is 4.79 Å². The molecule has 22 heavy (non-hydrogen) atoms. The van der Waals surface area contributed by atoms with Crippen molar-refractivity contribution in [3.05, 3.63) is 29.8 Å². The number of carbonyl (C=O) groups excluding carboxylic acids is 1. The Morgan fingerprint density at radius 1 is 1.23 bits per heavy atom. The van der Waals surface area contributed by atoms with Gasteiger partial charge in [0.15, 0.2) is 0 Å². The van der Waals surface area contributed by atoms with Crippen molar-refractivity contribution >= 4 is 11.9 Å². The van der Waals surface area contributed by atoms with E-state index < -0.39 is 24.5 Å². The molecule has 1 amide bonds. The van der Waals surface area contributed by atoms with E-state index >= 15 is 0 Å². The molecule has 1 atom stereocenters. The van der Waals surface area contributed by atoms with Crippen molar-refractivity contribution in [2.24, 2.45) is 5.92 Å². The number of carboxylic acid groups (broad SMARTS) is 1. The van der Waals surface area contributed by atoms with Crippen LogP contribution >= 0.6 is 0 Å². The smallest absolute Gasteiger partial charge is 0.387 e. The lowest BCUT2D eigenvalue weighted by atomic mass is 10.0. The van der Waals surface area contributed by atoms with E-state index in [9.17, 15) is 18.4 Å². The van der Waals surface area contributed by atoms with Crippen LogP contribution in [-0.4, -0.2) is 29.6 Å². The second-order valence-corrected chi connectivity index (χ2v) is 5.29. The van der Waals surface area contributed by atoms with E-state index in [4.69, 9.17) is 5.11 Å². The third-order valence-electron chi connectivity index (χ3n) is 2.85. The van der Waals surface area contributed by atoms with Crippen LogP contribution in [0.15, 0.2) is 24.3 Å². The number of aliphatic carboxylic acids is 1. The fourth-order valence-electron chi connectivity index (χ4n) is 1.91. The van der Waals surface area contributed by atoms with E-state index in [0.29, 0.717) is 12.0 Å². The van der Waals surface area contributed by atoms with Crippen LogP contribution in [0.1, 0.15) is 25.8 Å². The Kier molecular flexibility index (Phi) is 6.75. The van der Waals surface area contributed by atoms with Gasteiger partial charge in [-0.3, -0.25) is 4.79 Å². The maximum absolute atomic E-state index is 12.0. The van der Waals surface area contributed by atoms with Gasteiger partial charge in [0.2, 0.25) is 5.91 Å². The Labute approximate surface area is 127 Å². The minimum atomic E-state index is -2.90. The molecule has 0 aromatic heterocycles. The molecule has 7 heteroatoms. The molecule has 0 spiro atoms. The second-order valence-electron chi connectivity index (χ2n) is 5.29. The van der Waals surface area contributed by atoms with Crippen LogP contribution in [0.3, 0.4) is 0 Å². The van der Waals surface area contributed by atoms with Gasteiger partial charge in [0.05, 0.1) is 6.42 Å². The van der Waals surface area contributed by atoms with E-state index in [0.717, 1.165) is 0 Å². The normalized spacial score (nSPS) is 12.3. The average molecular weight is 315 g/mol. The number of alkyl halides is 2. The first-order chi connectivity index (χ1) is 10.3.